The number of aryl methyl sites for hydroxylation is 1. The second-order valence-electron chi connectivity index (χ2n) is 4.34. The highest BCUT2D eigenvalue weighted by Gasteiger charge is 2.19. The fraction of sp³-hybridized carbons (Fsp3) is 0.308. The number of amides is 1. The first-order valence-corrected chi connectivity index (χ1v) is 6.07. The molecule has 0 saturated heterocycles. The predicted molar refractivity (Wildman–Crippen MR) is 70.4 cm³/mol. The molecule has 1 atom stereocenters. The summed E-state index contributed by atoms with van der Waals surface area (Å²) in [6.07, 6.45) is 0.764. The largest absolute Gasteiger partial charge is 0.379 e. The third-order valence-electron chi connectivity index (χ3n) is 2.92. The number of benzene rings is 1. The van der Waals surface area contributed by atoms with Gasteiger partial charge in [-0.2, -0.15) is 0 Å². The molecule has 3 N–H and O–H groups in total. The van der Waals surface area contributed by atoms with Gasteiger partial charge >= 0.3 is 0 Å². The van der Waals surface area contributed by atoms with Gasteiger partial charge in [0.25, 0.3) is 5.91 Å². The molecule has 19 heavy (non-hydrogen) atoms. The van der Waals surface area contributed by atoms with E-state index in [1.807, 2.05) is 38.1 Å². The maximum atomic E-state index is 12.0. The minimum atomic E-state index is -0.383. The molecule has 0 aliphatic carbocycles. The molecule has 6 heteroatoms. The Morgan fingerprint density at radius 1 is 1.37 bits per heavy atom. The Morgan fingerprint density at radius 3 is 2.58 bits per heavy atom. The first kappa shape index (κ1) is 13.1. The van der Waals surface area contributed by atoms with Crippen LogP contribution in [0.1, 0.15) is 41.0 Å². The van der Waals surface area contributed by atoms with Crippen molar-refractivity contribution >= 4 is 11.7 Å². The lowest BCUT2D eigenvalue weighted by Gasteiger charge is -2.16. The van der Waals surface area contributed by atoms with Crippen molar-refractivity contribution in [3.05, 3.63) is 41.1 Å². The van der Waals surface area contributed by atoms with Gasteiger partial charge in [0.15, 0.2) is 0 Å². The Kier molecular flexibility index (Phi) is 3.79. The van der Waals surface area contributed by atoms with Crippen LogP contribution in [0.4, 0.5) is 5.82 Å². The van der Waals surface area contributed by atoms with Crippen molar-refractivity contribution in [3.8, 4) is 0 Å². The van der Waals surface area contributed by atoms with Gasteiger partial charge in [-0.15, -0.1) is 0 Å². The molecule has 0 spiro atoms. The summed E-state index contributed by atoms with van der Waals surface area (Å²) in [4.78, 5) is 12.0. The molecule has 0 radical (unpaired) electrons. The number of nitrogen functional groups attached to an aromatic ring is 1. The molecule has 0 bridgehead atoms. The molecule has 2 aromatic rings. The minimum absolute atomic E-state index is 0.00346. The molecule has 6 nitrogen and oxygen atoms in total. The van der Waals surface area contributed by atoms with Gasteiger partial charge in [0.1, 0.15) is 0 Å². The van der Waals surface area contributed by atoms with Gasteiger partial charge in [-0.1, -0.05) is 36.8 Å². The Morgan fingerprint density at radius 2 is 2.05 bits per heavy atom. The van der Waals surface area contributed by atoms with Crippen molar-refractivity contribution in [1.82, 2.24) is 15.6 Å². The minimum Gasteiger partial charge on any atom is -0.379 e. The van der Waals surface area contributed by atoms with Crippen molar-refractivity contribution in [2.75, 3.05) is 5.73 Å². The van der Waals surface area contributed by atoms with Crippen LogP contribution in [0.15, 0.2) is 28.9 Å². The maximum Gasteiger partial charge on any atom is 0.277 e. The van der Waals surface area contributed by atoms with E-state index in [9.17, 15) is 4.79 Å². The number of hydrogen-bond donors (Lipinski definition) is 2. The quantitative estimate of drug-likeness (QED) is 0.874. The van der Waals surface area contributed by atoms with Gasteiger partial charge < -0.3 is 11.1 Å². The highest BCUT2D eigenvalue weighted by molar-refractivity contribution is 5.96. The monoisotopic (exact) mass is 260 g/mol. The van der Waals surface area contributed by atoms with Gasteiger partial charge in [0, 0.05) is 0 Å². The zero-order valence-corrected chi connectivity index (χ0v) is 10.9. The van der Waals surface area contributed by atoms with Crippen LogP contribution in [0.5, 0.6) is 0 Å². The van der Waals surface area contributed by atoms with E-state index in [4.69, 9.17) is 5.73 Å². The standard InChI is InChI=1S/C13H16N4O2/c1-3-10(9-6-4-8(2)5-7-9)15-13(18)11-12(14)17-19-16-11/h4-7,10H,3H2,1-2H3,(H2,14,17)(H,15,18). The molecule has 1 unspecified atom stereocenters. The van der Waals surface area contributed by atoms with E-state index < -0.39 is 0 Å². The van der Waals surface area contributed by atoms with Crippen LogP contribution in [0.3, 0.4) is 0 Å². The Bertz CT molecular complexity index is 562. The number of nitrogens with one attached hydrogen (secondary N) is 1. The molecule has 1 heterocycles. The number of hydrogen-bond acceptors (Lipinski definition) is 5. The van der Waals surface area contributed by atoms with E-state index in [0.29, 0.717) is 0 Å². The van der Waals surface area contributed by atoms with E-state index in [1.54, 1.807) is 0 Å². The fourth-order valence-electron chi connectivity index (χ4n) is 1.80. The van der Waals surface area contributed by atoms with E-state index >= 15 is 0 Å². The van der Waals surface area contributed by atoms with E-state index in [-0.39, 0.29) is 23.5 Å². The maximum absolute atomic E-state index is 12.0. The van der Waals surface area contributed by atoms with Crippen LogP contribution < -0.4 is 11.1 Å². The average molecular weight is 260 g/mol. The van der Waals surface area contributed by atoms with Gasteiger partial charge in [0.2, 0.25) is 11.5 Å². The number of carbonyl (C=O) groups excluding carboxylic acids is 1. The number of aromatic nitrogens is 2. The van der Waals surface area contributed by atoms with E-state index in [0.717, 1.165) is 12.0 Å². The number of nitrogens with zero attached hydrogens (tertiary/aromatic N) is 2. The molecule has 0 aliphatic heterocycles. The molecule has 100 valence electrons. The predicted octanol–water partition coefficient (Wildman–Crippen LogP) is 1.84. The molecule has 0 saturated carbocycles. The molecule has 0 fully saturated rings. The van der Waals surface area contributed by atoms with Crippen LogP contribution >= 0.6 is 0 Å². The molecule has 1 amide bonds. The van der Waals surface area contributed by atoms with Crippen LogP contribution in [0, 0.1) is 6.92 Å². The molecule has 1 aromatic heterocycles. The van der Waals surface area contributed by atoms with E-state index in [2.05, 4.69) is 20.3 Å². The summed E-state index contributed by atoms with van der Waals surface area (Å²) >= 11 is 0. The third kappa shape index (κ3) is 2.90. The smallest absolute Gasteiger partial charge is 0.277 e. The second kappa shape index (κ2) is 5.51. The van der Waals surface area contributed by atoms with Crippen molar-refractivity contribution in [2.24, 2.45) is 0 Å². The Hall–Kier alpha value is -2.37. The van der Waals surface area contributed by atoms with Crippen molar-refractivity contribution in [3.63, 3.8) is 0 Å². The Labute approximate surface area is 111 Å². The lowest BCUT2D eigenvalue weighted by molar-refractivity contribution is 0.0926. The summed E-state index contributed by atoms with van der Waals surface area (Å²) in [6.45, 7) is 4.01. The van der Waals surface area contributed by atoms with Gasteiger partial charge in [-0.05, 0) is 29.2 Å². The lowest BCUT2D eigenvalue weighted by Crippen LogP contribution is -2.29. The summed E-state index contributed by atoms with van der Waals surface area (Å²) < 4.78 is 4.42. The number of nitrogens with two attached hydrogens (primary N) is 1. The normalized spacial score (nSPS) is 12.1. The lowest BCUT2D eigenvalue weighted by atomic mass is 10.0. The van der Waals surface area contributed by atoms with Gasteiger partial charge in [-0.25, -0.2) is 4.63 Å². The zero-order valence-electron chi connectivity index (χ0n) is 10.9. The number of carbonyl (C=O) groups is 1. The summed E-state index contributed by atoms with van der Waals surface area (Å²) in [7, 11) is 0. The number of anilines is 1. The first-order chi connectivity index (χ1) is 9.11. The Balaban J connectivity index is 2.13. The molecule has 2 rings (SSSR count). The molecule has 1 aromatic carbocycles. The topological polar surface area (TPSA) is 94.0 Å². The molecular formula is C13H16N4O2. The highest BCUT2D eigenvalue weighted by Crippen LogP contribution is 2.18. The average Bonchev–Trinajstić information content (AvgIpc) is 2.83. The first-order valence-electron chi connectivity index (χ1n) is 6.07. The van der Waals surface area contributed by atoms with Gasteiger partial charge in [-0.3, -0.25) is 4.79 Å². The van der Waals surface area contributed by atoms with Crippen molar-refractivity contribution in [1.29, 1.82) is 0 Å². The van der Waals surface area contributed by atoms with E-state index in [1.165, 1.54) is 5.56 Å². The molecule has 0 aliphatic rings. The van der Waals surface area contributed by atoms with Crippen LogP contribution in [0.25, 0.3) is 0 Å². The second-order valence-corrected chi connectivity index (χ2v) is 4.34. The zero-order chi connectivity index (χ0) is 13.8. The fourth-order valence-corrected chi connectivity index (χ4v) is 1.80. The molecular weight excluding hydrogens is 244 g/mol. The van der Waals surface area contributed by atoms with Crippen LogP contribution in [-0.4, -0.2) is 16.2 Å². The summed E-state index contributed by atoms with van der Waals surface area (Å²) in [5, 5.41) is 9.74. The highest BCUT2D eigenvalue weighted by atomic mass is 16.6. The summed E-state index contributed by atoms with van der Waals surface area (Å²) in [6, 6.07) is 7.92. The van der Waals surface area contributed by atoms with Gasteiger partial charge in [0.05, 0.1) is 6.04 Å². The van der Waals surface area contributed by atoms with Crippen LogP contribution in [0.2, 0.25) is 0 Å². The third-order valence-corrected chi connectivity index (χ3v) is 2.92. The summed E-state index contributed by atoms with van der Waals surface area (Å²) in [5.74, 6) is -0.387. The summed E-state index contributed by atoms with van der Waals surface area (Å²) in [5.41, 5.74) is 7.72. The van der Waals surface area contributed by atoms with Crippen LogP contribution in [-0.2, 0) is 0 Å². The van der Waals surface area contributed by atoms with Crippen molar-refractivity contribution in [2.45, 2.75) is 26.3 Å². The van der Waals surface area contributed by atoms with Crippen molar-refractivity contribution < 1.29 is 9.42 Å². The number of rotatable bonds is 4. The SMILES string of the molecule is CCC(NC(=O)c1nonc1N)c1ccc(C)cc1.